The summed E-state index contributed by atoms with van der Waals surface area (Å²) in [6.45, 7) is 1.80. The van der Waals surface area contributed by atoms with Crippen LogP contribution >= 0.6 is 0 Å². The number of sulfonamides is 1. The van der Waals surface area contributed by atoms with Crippen LogP contribution in [-0.2, 0) is 14.8 Å². The molecule has 7 heteroatoms. The SMILES string of the molecule is C[C@H](N[C@H](c1ccccc1)C1CC1)C(=O)Nc1cccc(S(N)(=O)=O)c1. The Morgan fingerprint density at radius 3 is 2.42 bits per heavy atom. The van der Waals surface area contributed by atoms with Crippen LogP contribution < -0.4 is 15.8 Å². The number of nitrogens with one attached hydrogen (secondary N) is 2. The van der Waals surface area contributed by atoms with Crippen LogP contribution in [0.4, 0.5) is 5.69 Å². The molecule has 4 N–H and O–H groups in total. The predicted octanol–water partition coefficient (Wildman–Crippen LogP) is 2.40. The second-order valence-electron chi connectivity index (χ2n) is 6.68. The molecule has 0 saturated heterocycles. The van der Waals surface area contributed by atoms with E-state index in [0.29, 0.717) is 11.6 Å². The number of hydrogen-bond acceptors (Lipinski definition) is 4. The fourth-order valence-electron chi connectivity index (χ4n) is 2.94. The maximum atomic E-state index is 12.5. The van der Waals surface area contributed by atoms with E-state index < -0.39 is 16.1 Å². The molecule has 1 saturated carbocycles. The molecule has 6 nitrogen and oxygen atoms in total. The van der Waals surface area contributed by atoms with Crippen molar-refractivity contribution < 1.29 is 13.2 Å². The molecule has 26 heavy (non-hydrogen) atoms. The van der Waals surface area contributed by atoms with E-state index in [4.69, 9.17) is 5.14 Å². The maximum Gasteiger partial charge on any atom is 0.241 e. The standard InChI is InChI=1S/C19H23N3O3S/c1-13(21-18(15-10-11-15)14-6-3-2-4-7-14)19(23)22-16-8-5-9-17(12-16)26(20,24)25/h2-9,12-13,15,18,21H,10-11H2,1H3,(H,22,23)(H2,20,24,25)/t13-,18+/m0/s1. The minimum Gasteiger partial charge on any atom is -0.325 e. The van der Waals surface area contributed by atoms with Gasteiger partial charge in [-0.2, -0.15) is 0 Å². The summed E-state index contributed by atoms with van der Waals surface area (Å²) in [6.07, 6.45) is 2.30. The molecule has 2 atom stereocenters. The van der Waals surface area contributed by atoms with E-state index in [1.54, 1.807) is 19.1 Å². The maximum absolute atomic E-state index is 12.5. The largest absolute Gasteiger partial charge is 0.325 e. The Morgan fingerprint density at radius 1 is 1.12 bits per heavy atom. The van der Waals surface area contributed by atoms with Crippen LogP contribution in [0.15, 0.2) is 59.5 Å². The Morgan fingerprint density at radius 2 is 1.81 bits per heavy atom. The highest BCUT2D eigenvalue weighted by molar-refractivity contribution is 7.89. The second-order valence-corrected chi connectivity index (χ2v) is 8.24. The Hall–Kier alpha value is -2.22. The molecule has 0 unspecified atom stereocenters. The van der Waals surface area contributed by atoms with Crippen molar-refractivity contribution in [2.24, 2.45) is 11.1 Å². The van der Waals surface area contributed by atoms with E-state index in [2.05, 4.69) is 22.8 Å². The summed E-state index contributed by atoms with van der Waals surface area (Å²) < 4.78 is 22.9. The quantitative estimate of drug-likeness (QED) is 0.694. The molecular weight excluding hydrogens is 350 g/mol. The van der Waals surface area contributed by atoms with Gasteiger partial charge >= 0.3 is 0 Å². The molecule has 1 aliphatic carbocycles. The van der Waals surface area contributed by atoms with Gasteiger partial charge in [0.25, 0.3) is 0 Å². The van der Waals surface area contributed by atoms with Gasteiger partial charge in [-0.25, -0.2) is 13.6 Å². The van der Waals surface area contributed by atoms with E-state index >= 15 is 0 Å². The van der Waals surface area contributed by atoms with E-state index in [1.165, 1.54) is 17.7 Å². The number of hydrogen-bond donors (Lipinski definition) is 3. The van der Waals surface area contributed by atoms with Gasteiger partial charge in [0.1, 0.15) is 0 Å². The number of carbonyl (C=O) groups is 1. The summed E-state index contributed by atoms with van der Waals surface area (Å²) in [4.78, 5) is 12.5. The predicted molar refractivity (Wildman–Crippen MR) is 101 cm³/mol. The fourth-order valence-corrected chi connectivity index (χ4v) is 3.50. The van der Waals surface area contributed by atoms with Gasteiger partial charge in [-0.05, 0) is 49.4 Å². The average Bonchev–Trinajstić information content (AvgIpc) is 3.44. The molecule has 0 aromatic heterocycles. The van der Waals surface area contributed by atoms with Crippen molar-refractivity contribution in [3.8, 4) is 0 Å². The normalized spacial score (nSPS) is 16.7. The van der Waals surface area contributed by atoms with Gasteiger partial charge in [0.2, 0.25) is 15.9 Å². The topological polar surface area (TPSA) is 101 Å². The first-order valence-electron chi connectivity index (χ1n) is 8.59. The first-order valence-corrected chi connectivity index (χ1v) is 10.1. The summed E-state index contributed by atoms with van der Waals surface area (Å²) in [7, 11) is -3.81. The van der Waals surface area contributed by atoms with Crippen molar-refractivity contribution in [3.05, 3.63) is 60.2 Å². The first-order chi connectivity index (χ1) is 12.3. The van der Waals surface area contributed by atoms with E-state index in [-0.39, 0.29) is 16.8 Å². The molecule has 2 aromatic rings. The van der Waals surface area contributed by atoms with Crippen LogP contribution in [0.25, 0.3) is 0 Å². The number of amides is 1. The lowest BCUT2D eigenvalue weighted by Crippen LogP contribution is -2.41. The minimum atomic E-state index is -3.81. The number of carbonyl (C=O) groups excluding carboxylic acids is 1. The van der Waals surface area contributed by atoms with Gasteiger partial charge in [-0.3, -0.25) is 10.1 Å². The van der Waals surface area contributed by atoms with Gasteiger partial charge in [-0.1, -0.05) is 36.4 Å². The number of anilines is 1. The zero-order chi connectivity index (χ0) is 18.7. The highest BCUT2D eigenvalue weighted by Crippen LogP contribution is 2.41. The van der Waals surface area contributed by atoms with Crippen LogP contribution in [0, 0.1) is 5.92 Å². The Kier molecular flexibility index (Phi) is 5.41. The van der Waals surface area contributed by atoms with Crippen LogP contribution in [0.2, 0.25) is 0 Å². The van der Waals surface area contributed by atoms with Gasteiger partial charge in [0, 0.05) is 11.7 Å². The fraction of sp³-hybridized carbons (Fsp3) is 0.316. The first kappa shape index (κ1) is 18.6. The highest BCUT2D eigenvalue weighted by atomic mass is 32.2. The lowest BCUT2D eigenvalue weighted by Gasteiger charge is -2.23. The van der Waals surface area contributed by atoms with E-state index in [1.807, 2.05) is 18.2 Å². The molecule has 138 valence electrons. The van der Waals surface area contributed by atoms with Gasteiger partial charge in [0.05, 0.1) is 10.9 Å². The Balaban J connectivity index is 1.68. The zero-order valence-electron chi connectivity index (χ0n) is 14.6. The highest BCUT2D eigenvalue weighted by Gasteiger charge is 2.33. The van der Waals surface area contributed by atoms with Crippen molar-refractivity contribution in [1.82, 2.24) is 5.32 Å². The van der Waals surface area contributed by atoms with Gasteiger partial charge in [0.15, 0.2) is 0 Å². The summed E-state index contributed by atoms with van der Waals surface area (Å²) in [5, 5.41) is 11.3. The van der Waals surface area contributed by atoms with Crippen molar-refractivity contribution in [2.45, 2.75) is 36.7 Å². The molecule has 3 rings (SSSR count). The minimum absolute atomic E-state index is 0.0314. The number of benzene rings is 2. The van der Waals surface area contributed by atoms with Gasteiger partial charge < -0.3 is 5.32 Å². The summed E-state index contributed by atoms with van der Waals surface area (Å²) in [5.74, 6) is 0.316. The third-order valence-electron chi connectivity index (χ3n) is 4.51. The molecule has 0 bridgehead atoms. The van der Waals surface area contributed by atoms with Crippen LogP contribution in [0.5, 0.6) is 0 Å². The number of rotatable bonds is 7. The van der Waals surface area contributed by atoms with E-state index in [0.717, 1.165) is 12.8 Å². The molecule has 1 amide bonds. The molecule has 2 aromatic carbocycles. The lowest BCUT2D eigenvalue weighted by atomic mass is 10.0. The molecule has 0 heterocycles. The molecule has 1 fully saturated rings. The average molecular weight is 373 g/mol. The zero-order valence-corrected chi connectivity index (χ0v) is 15.4. The Labute approximate surface area is 153 Å². The number of primary sulfonamides is 1. The molecule has 0 spiro atoms. The summed E-state index contributed by atoms with van der Waals surface area (Å²) >= 11 is 0. The monoisotopic (exact) mass is 373 g/mol. The van der Waals surface area contributed by atoms with Crippen molar-refractivity contribution >= 4 is 21.6 Å². The summed E-state index contributed by atoms with van der Waals surface area (Å²) in [5.41, 5.74) is 1.57. The van der Waals surface area contributed by atoms with Crippen molar-refractivity contribution in [2.75, 3.05) is 5.32 Å². The molecular formula is C19H23N3O3S. The molecule has 1 aliphatic rings. The Bertz CT molecular complexity index is 880. The molecule has 0 radical (unpaired) electrons. The van der Waals surface area contributed by atoms with Gasteiger partial charge in [-0.15, -0.1) is 0 Å². The number of nitrogens with two attached hydrogens (primary N) is 1. The smallest absolute Gasteiger partial charge is 0.241 e. The second kappa shape index (κ2) is 7.57. The molecule has 0 aliphatic heterocycles. The van der Waals surface area contributed by atoms with E-state index in [9.17, 15) is 13.2 Å². The van der Waals surface area contributed by atoms with Crippen LogP contribution in [0.1, 0.15) is 31.4 Å². The van der Waals surface area contributed by atoms with Crippen molar-refractivity contribution in [3.63, 3.8) is 0 Å². The third-order valence-corrected chi connectivity index (χ3v) is 5.42. The lowest BCUT2D eigenvalue weighted by molar-refractivity contribution is -0.118. The summed E-state index contributed by atoms with van der Waals surface area (Å²) in [6, 6.07) is 15.7. The van der Waals surface area contributed by atoms with Crippen molar-refractivity contribution in [1.29, 1.82) is 0 Å². The third kappa shape index (κ3) is 4.69. The van der Waals surface area contributed by atoms with Crippen LogP contribution in [0.3, 0.4) is 0 Å². The van der Waals surface area contributed by atoms with Crippen LogP contribution in [-0.4, -0.2) is 20.4 Å².